The highest BCUT2D eigenvalue weighted by Gasteiger charge is 2.06. The van der Waals surface area contributed by atoms with Crippen LogP contribution in [-0.2, 0) is 11.2 Å². The van der Waals surface area contributed by atoms with Crippen LogP contribution in [0.25, 0.3) is 6.08 Å². The highest BCUT2D eigenvalue weighted by Crippen LogP contribution is 2.22. The molecule has 0 aliphatic carbocycles. The van der Waals surface area contributed by atoms with Crippen molar-refractivity contribution in [2.45, 2.75) is 13.3 Å². The van der Waals surface area contributed by atoms with Gasteiger partial charge in [-0.25, -0.2) is 4.98 Å². The van der Waals surface area contributed by atoms with Gasteiger partial charge in [0.2, 0.25) is 5.91 Å². The summed E-state index contributed by atoms with van der Waals surface area (Å²) in [6.45, 7) is 2.57. The Kier molecular flexibility index (Phi) is 6.63. The molecule has 0 aliphatic rings. The molecule has 0 bridgehead atoms. The second-order valence-corrected chi connectivity index (χ2v) is 7.31. The lowest BCUT2D eigenvalue weighted by atomic mass is 10.1. The van der Waals surface area contributed by atoms with E-state index in [1.165, 1.54) is 17.4 Å². The summed E-state index contributed by atoms with van der Waals surface area (Å²) in [4.78, 5) is 17.4. The number of ether oxygens (including phenoxy) is 1. The number of hydrogen-bond acceptors (Lipinski definition) is 4. The van der Waals surface area contributed by atoms with E-state index in [9.17, 15) is 4.79 Å². The van der Waals surface area contributed by atoms with Crippen LogP contribution in [0.1, 0.15) is 22.9 Å². The summed E-state index contributed by atoms with van der Waals surface area (Å²) in [7, 11) is 0. The zero-order chi connectivity index (χ0) is 19.1. The van der Waals surface area contributed by atoms with Crippen LogP contribution >= 0.6 is 22.9 Å². The minimum absolute atomic E-state index is 0.215. The van der Waals surface area contributed by atoms with E-state index >= 15 is 0 Å². The van der Waals surface area contributed by atoms with Crippen LogP contribution in [0.4, 0.5) is 5.13 Å². The van der Waals surface area contributed by atoms with Crippen LogP contribution in [0, 0.1) is 0 Å². The number of benzene rings is 2. The first-order chi connectivity index (χ1) is 13.1. The van der Waals surface area contributed by atoms with Crippen molar-refractivity contribution in [2.24, 2.45) is 0 Å². The number of hydrogen-bond donors (Lipinski definition) is 1. The second-order valence-electron chi connectivity index (χ2n) is 5.76. The van der Waals surface area contributed by atoms with Crippen molar-refractivity contribution < 1.29 is 9.53 Å². The van der Waals surface area contributed by atoms with E-state index in [0.717, 1.165) is 28.2 Å². The number of carbonyl (C=O) groups is 1. The van der Waals surface area contributed by atoms with Gasteiger partial charge in [0.15, 0.2) is 5.13 Å². The fourth-order valence-corrected chi connectivity index (χ4v) is 3.52. The van der Waals surface area contributed by atoms with Gasteiger partial charge in [0.25, 0.3) is 0 Å². The van der Waals surface area contributed by atoms with E-state index in [2.05, 4.69) is 10.3 Å². The molecule has 0 fully saturated rings. The minimum Gasteiger partial charge on any atom is -0.494 e. The highest BCUT2D eigenvalue weighted by atomic mass is 35.5. The van der Waals surface area contributed by atoms with Crippen molar-refractivity contribution in [1.29, 1.82) is 0 Å². The number of nitrogens with one attached hydrogen (secondary N) is 1. The lowest BCUT2D eigenvalue weighted by Crippen LogP contribution is -2.07. The van der Waals surface area contributed by atoms with E-state index in [4.69, 9.17) is 16.3 Å². The quantitative estimate of drug-likeness (QED) is 0.539. The summed E-state index contributed by atoms with van der Waals surface area (Å²) in [5, 5.41) is 4.08. The Bertz CT molecular complexity index is 935. The van der Waals surface area contributed by atoms with Gasteiger partial charge in [-0.05, 0) is 48.4 Å². The number of anilines is 1. The summed E-state index contributed by atoms with van der Waals surface area (Å²) in [5.41, 5.74) is 2.04. The molecular formula is C21H19ClN2O2S. The Morgan fingerprint density at radius 3 is 2.81 bits per heavy atom. The third-order valence-electron chi connectivity index (χ3n) is 3.67. The zero-order valence-corrected chi connectivity index (χ0v) is 16.4. The van der Waals surface area contributed by atoms with Gasteiger partial charge in [-0.2, -0.15) is 0 Å². The summed E-state index contributed by atoms with van der Waals surface area (Å²) >= 11 is 7.47. The Balaban J connectivity index is 1.55. The molecule has 1 heterocycles. The Hall–Kier alpha value is -2.63. The first kappa shape index (κ1) is 19.1. The lowest BCUT2D eigenvalue weighted by Gasteiger charge is -2.02. The molecule has 1 aromatic heterocycles. The number of aromatic nitrogens is 1. The van der Waals surface area contributed by atoms with Gasteiger partial charge < -0.3 is 4.74 Å². The van der Waals surface area contributed by atoms with Gasteiger partial charge in [0, 0.05) is 28.6 Å². The number of halogens is 1. The van der Waals surface area contributed by atoms with Gasteiger partial charge in [-0.1, -0.05) is 35.9 Å². The molecule has 0 unspecified atom stereocenters. The maximum absolute atomic E-state index is 12.1. The van der Waals surface area contributed by atoms with Gasteiger partial charge in [0.1, 0.15) is 5.75 Å². The van der Waals surface area contributed by atoms with Crippen molar-refractivity contribution >= 4 is 40.1 Å². The number of carbonyl (C=O) groups excluding carboxylic acids is 1. The predicted molar refractivity (Wildman–Crippen MR) is 112 cm³/mol. The minimum atomic E-state index is -0.215. The average Bonchev–Trinajstić information content (AvgIpc) is 3.08. The van der Waals surface area contributed by atoms with Gasteiger partial charge in [-0.3, -0.25) is 10.1 Å². The molecule has 0 saturated carbocycles. The zero-order valence-electron chi connectivity index (χ0n) is 14.8. The third kappa shape index (κ3) is 5.94. The highest BCUT2D eigenvalue weighted by molar-refractivity contribution is 7.15. The first-order valence-electron chi connectivity index (χ1n) is 8.53. The standard InChI is InChI=1S/C21H19ClN2O2S/c1-2-26-18-9-6-15(7-10-18)8-11-20(25)24-21-23-14-19(27-21)13-16-4-3-5-17(22)12-16/h3-12,14H,2,13H2,1H3,(H,23,24,25)/b11-8-. The van der Waals surface area contributed by atoms with E-state index in [-0.39, 0.29) is 5.91 Å². The molecule has 6 heteroatoms. The smallest absolute Gasteiger partial charge is 0.250 e. The molecule has 0 saturated heterocycles. The molecule has 0 atom stereocenters. The Morgan fingerprint density at radius 2 is 2.07 bits per heavy atom. The second kappa shape index (κ2) is 9.35. The molecule has 2 aromatic carbocycles. The summed E-state index contributed by atoms with van der Waals surface area (Å²) in [5.74, 6) is 0.599. The van der Waals surface area contributed by atoms with E-state index in [0.29, 0.717) is 16.8 Å². The summed E-state index contributed by atoms with van der Waals surface area (Å²) < 4.78 is 5.40. The first-order valence-corrected chi connectivity index (χ1v) is 9.73. The molecule has 0 radical (unpaired) electrons. The van der Waals surface area contributed by atoms with E-state index in [1.54, 1.807) is 12.3 Å². The van der Waals surface area contributed by atoms with Crippen LogP contribution in [0.2, 0.25) is 5.02 Å². The van der Waals surface area contributed by atoms with E-state index in [1.807, 2.05) is 55.5 Å². The van der Waals surface area contributed by atoms with Crippen molar-refractivity contribution in [2.75, 3.05) is 11.9 Å². The van der Waals surface area contributed by atoms with Crippen LogP contribution in [0.15, 0.2) is 60.8 Å². The Labute approximate surface area is 167 Å². The monoisotopic (exact) mass is 398 g/mol. The molecule has 4 nitrogen and oxygen atoms in total. The Morgan fingerprint density at radius 1 is 1.26 bits per heavy atom. The SMILES string of the molecule is CCOc1ccc(/C=C\C(=O)Nc2ncc(Cc3cccc(Cl)c3)s2)cc1. The maximum Gasteiger partial charge on any atom is 0.250 e. The van der Waals surface area contributed by atoms with Gasteiger partial charge in [-0.15, -0.1) is 11.3 Å². The fraction of sp³-hybridized carbons (Fsp3) is 0.143. The molecule has 3 aromatic rings. The topological polar surface area (TPSA) is 51.2 Å². The van der Waals surface area contributed by atoms with Crippen molar-refractivity contribution in [3.8, 4) is 5.75 Å². The van der Waals surface area contributed by atoms with Crippen LogP contribution < -0.4 is 10.1 Å². The lowest BCUT2D eigenvalue weighted by molar-refractivity contribution is -0.111. The van der Waals surface area contributed by atoms with Crippen LogP contribution in [-0.4, -0.2) is 17.5 Å². The summed E-state index contributed by atoms with van der Waals surface area (Å²) in [6, 6.07) is 15.3. The summed E-state index contributed by atoms with van der Waals surface area (Å²) in [6.07, 6.45) is 5.76. The molecule has 1 amide bonds. The molecule has 0 spiro atoms. The number of thiazole rings is 1. The molecular weight excluding hydrogens is 380 g/mol. The normalized spacial score (nSPS) is 10.9. The predicted octanol–water partition coefficient (Wildman–Crippen LogP) is 5.44. The van der Waals surface area contributed by atoms with Crippen molar-refractivity contribution in [3.05, 3.63) is 81.8 Å². The molecule has 1 N–H and O–H groups in total. The number of rotatable bonds is 7. The van der Waals surface area contributed by atoms with Gasteiger partial charge >= 0.3 is 0 Å². The number of amides is 1. The molecule has 138 valence electrons. The molecule has 3 rings (SSSR count). The largest absolute Gasteiger partial charge is 0.494 e. The van der Waals surface area contributed by atoms with Crippen molar-refractivity contribution in [1.82, 2.24) is 4.98 Å². The molecule has 0 aliphatic heterocycles. The average molecular weight is 399 g/mol. The van der Waals surface area contributed by atoms with E-state index < -0.39 is 0 Å². The fourth-order valence-electron chi connectivity index (χ4n) is 2.46. The van der Waals surface area contributed by atoms with Crippen LogP contribution in [0.3, 0.4) is 0 Å². The van der Waals surface area contributed by atoms with Crippen LogP contribution in [0.5, 0.6) is 5.75 Å². The molecule has 27 heavy (non-hydrogen) atoms. The maximum atomic E-state index is 12.1. The van der Waals surface area contributed by atoms with Crippen molar-refractivity contribution in [3.63, 3.8) is 0 Å². The number of nitrogens with zero attached hydrogens (tertiary/aromatic N) is 1. The van der Waals surface area contributed by atoms with Gasteiger partial charge in [0.05, 0.1) is 6.61 Å². The third-order valence-corrected chi connectivity index (χ3v) is 4.82.